The summed E-state index contributed by atoms with van der Waals surface area (Å²) in [6, 6.07) is -0.252. The van der Waals surface area contributed by atoms with Crippen LogP contribution in [-0.4, -0.2) is 34.2 Å². The Labute approximate surface area is 99.4 Å². The van der Waals surface area contributed by atoms with Gasteiger partial charge in [-0.3, -0.25) is 0 Å². The summed E-state index contributed by atoms with van der Waals surface area (Å²) in [6.07, 6.45) is 0.672. The third-order valence-corrected chi connectivity index (χ3v) is 1.85. The van der Waals surface area contributed by atoms with Crippen molar-refractivity contribution in [2.75, 3.05) is 24.3 Å². The van der Waals surface area contributed by atoms with Gasteiger partial charge >= 0.3 is 6.03 Å². The van der Waals surface area contributed by atoms with Gasteiger partial charge in [-0.1, -0.05) is 6.92 Å². The van der Waals surface area contributed by atoms with Gasteiger partial charge < -0.3 is 21.7 Å². The first-order valence-electron chi connectivity index (χ1n) is 5.41. The zero-order valence-electron chi connectivity index (χ0n) is 9.95. The van der Waals surface area contributed by atoms with Crippen LogP contribution in [0.5, 0.6) is 0 Å². The fourth-order valence-electron chi connectivity index (χ4n) is 1.10. The maximum absolute atomic E-state index is 11.1. The normalized spacial score (nSPS) is 9.76. The molecule has 1 rings (SSSR count). The SMILES string of the molecule is CCNC(=O)NCNc1nc(N)nc(CC)n1. The van der Waals surface area contributed by atoms with E-state index in [9.17, 15) is 4.79 Å². The molecule has 0 saturated heterocycles. The summed E-state index contributed by atoms with van der Waals surface area (Å²) in [6.45, 7) is 4.56. The van der Waals surface area contributed by atoms with E-state index < -0.39 is 0 Å². The van der Waals surface area contributed by atoms with Crippen LogP contribution in [0.1, 0.15) is 19.7 Å². The molecule has 8 heteroatoms. The predicted octanol–water partition coefficient (Wildman–Crippen LogP) is -0.295. The van der Waals surface area contributed by atoms with E-state index in [0.717, 1.165) is 0 Å². The van der Waals surface area contributed by atoms with Crippen LogP contribution in [0.15, 0.2) is 0 Å². The smallest absolute Gasteiger partial charge is 0.316 e. The average Bonchev–Trinajstić information content (AvgIpc) is 2.28. The number of rotatable bonds is 5. The summed E-state index contributed by atoms with van der Waals surface area (Å²) in [4.78, 5) is 23.0. The number of aryl methyl sites for hydroxylation is 1. The number of carbonyl (C=O) groups is 1. The van der Waals surface area contributed by atoms with Crippen molar-refractivity contribution in [2.45, 2.75) is 20.3 Å². The fraction of sp³-hybridized carbons (Fsp3) is 0.556. The monoisotopic (exact) mass is 239 g/mol. The van der Waals surface area contributed by atoms with Crippen LogP contribution in [0, 0.1) is 0 Å². The first-order chi connectivity index (χ1) is 8.15. The summed E-state index contributed by atoms with van der Waals surface area (Å²) < 4.78 is 0. The van der Waals surface area contributed by atoms with Crippen molar-refractivity contribution in [1.82, 2.24) is 25.6 Å². The van der Waals surface area contributed by atoms with Crippen LogP contribution < -0.4 is 21.7 Å². The Balaban J connectivity index is 2.46. The number of amides is 2. The standard InChI is InChI=1S/C9H17N7O/c1-3-6-14-7(10)16-8(15-6)12-5-13-9(17)11-4-2/h3-5H2,1-2H3,(H2,11,13,17)(H3,10,12,14,15,16). The van der Waals surface area contributed by atoms with Gasteiger partial charge in [-0.15, -0.1) is 0 Å². The van der Waals surface area contributed by atoms with E-state index in [0.29, 0.717) is 24.7 Å². The number of nitrogens with one attached hydrogen (secondary N) is 3. The lowest BCUT2D eigenvalue weighted by Crippen LogP contribution is -2.38. The topological polar surface area (TPSA) is 118 Å². The largest absolute Gasteiger partial charge is 0.368 e. The minimum Gasteiger partial charge on any atom is -0.368 e. The van der Waals surface area contributed by atoms with E-state index in [1.54, 1.807) is 0 Å². The number of anilines is 2. The summed E-state index contributed by atoms with van der Waals surface area (Å²) in [5.74, 6) is 1.13. The molecule has 0 bridgehead atoms. The van der Waals surface area contributed by atoms with Gasteiger partial charge in [0.2, 0.25) is 11.9 Å². The van der Waals surface area contributed by atoms with Crippen molar-refractivity contribution in [3.63, 3.8) is 0 Å². The second-order valence-electron chi connectivity index (χ2n) is 3.18. The highest BCUT2D eigenvalue weighted by atomic mass is 16.2. The zero-order valence-corrected chi connectivity index (χ0v) is 9.95. The number of hydrogen-bond donors (Lipinski definition) is 4. The number of aromatic nitrogens is 3. The zero-order chi connectivity index (χ0) is 12.7. The van der Waals surface area contributed by atoms with Crippen molar-refractivity contribution in [3.05, 3.63) is 5.82 Å². The van der Waals surface area contributed by atoms with Gasteiger partial charge in [0.15, 0.2) is 0 Å². The van der Waals surface area contributed by atoms with Crippen molar-refractivity contribution in [2.24, 2.45) is 0 Å². The lowest BCUT2D eigenvalue weighted by molar-refractivity contribution is 0.242. The molecule has 1 aromatic rings. The number of hydrogen-bond acceptors (Lipinski definition) is 6. The quantitative estimate of drug-likeness (QED) is 0.524. The molecule has 0 saturated carbocycles. The first-order valence-corrected chi connectivity index (χ1v) is 5.41. The van der Waals surface area contributed by atoms with E-state index in [1.807, 2.05) is 13.8 Å². The Morgan fingerprint density at radius 1 is 1.24 bits per heavy atom. The van der Waals surface area contributed by atoms with Gasteiger partial charge in [-0.05, 0) is 6.92 Å². The highest BCUT2D eigenvalue weighted by Crippen LogP contribution is 2.01. The maximum Gasteiger partial charge on any atom is 0.316 e. The van der Waals surface area contributed by atoms with E-state index in [1.165, 1.54) is 0 Å². The highest BCUT2D eigenvalue weighted by Gasteiger charge is 2.02. The summed E-state index contributed by atoms with van der Waals surface area (Å²) in [7, 11) is 0. The van der Waals surface area contributed by atoms with Gasteiger partial charge in [0.25, 0.3) is 0 Å². The van der Waals surface area contributed by atoms with Gasteiger partial charge in [-0.25, -0.2) is 4.79 Å². The summed E-state index contributed by atoms with van der Waals surface area (Å²) >= 11 is 0. The van der Waals surface area contributed by atoms with Crippen LogP contribution in [0.2, 0.25) is 0 Å². The molecule has 0 aliphatic rings. The molecule has 1 heterocycles. The molecular formula is C9H17N7O. The van der Waals surface area contributed by atoms with Crippen LogP contribution in [0.4, 0.5) is 16.7 Å². The molecule has 0 radical (unpaired) electrons. The summed E-state index contributed by atoms with van der Waals surface area (Å²) in [5, 5.41) is 8.02. The van der Waals surface area contributed by atoms with E-state index in [4.69, 9.17) is 5.73 Å². The average molecular weight is 239 g/mol. The minimum atomic E-state index is -0.252. The predicted molar refractivity (Wildman–Crippen MR) is 64.3 cm³/mol. The fourth-order valence-corrected chi connectivity index (χ4v) is 1.10. The number of urea groups is 1. The molecular weight excluding hydrogens is 222 g/mol. The van der Waals surface area contributed by atoms with Crippen molar-refractivity contribution >= 4 is 17.9 Å². The maximum atomic E-state index is 11.1. The Morgan fingerprint density at radius 3 is 2.65 bits per heavy atom. The third-order valence-electron chi connectivity index (χ3n) is 1.85. The molecule has 8 nitrogen and oxygen atoms in total. The molecule has 17 heavy (non-hydrogen) atoms. The van der Waals surface area contributed by atoms with Crippen LogP contribution in [0.25, 0.3) is 0 Å². The lowest BCUT2D eigenvalue weighted by Gasteiger charge is -2.08. The molecule has 2 amide bonds. The molecule has 0 unspecified atom stereocenters. The van der Waals surface area contributed by atoms with Crippen molar-refractivity contribution < 1.29 is 4.79 Å². The molecule has 1 aromatic heterocycles. The van der Waals surface area contributed by atoms with Crippen LogP contribution in [0.3, 0.4) is 0 Å². The molecule has 5 N–H and O–H groups in total. The number of nitrogens with zero attached hydrogens (tertiary/aromatic N) is 3. The van der Waals surface area contributed by atoms with E-state index in [-0.39, 0.29) is 18.6 Å². The second-order valence-corrected chi connectivity index (χ2v) is 3.18. The Bertz CT molecular complexity index is 382. The molecule has 0 aliphatic carbocycles. The van der Waals surface area contributed by atoms with Crippen molar-refractivity contribution in [3.8, 4) is 0 Å². The lowest BCUT2D eigenvalue weighted by atomic mass is 10.4. The van der Waals surface area contributed by atoms with Crippen molar-refractivity contribution in [1.29, 1.82) is 0 Å². The molecule has 0 aliphatic heterocycles. The molecule has 0 fully saturated rings. The van der Waals surface area contributed by atoms with E-state index >= 15 is 0 Å². The third kappa shape index (κ3) is 4.49. The van der Waals surface area contributed by atoms with Gasteiger partial charge in [-0.2, -0.15) is 15.0 Å². The van der Waals surface area contributed by atoms with Crippen LogP contribution in [-0.2, 0) is 6.42 Å². The van der Waals surface area contributed by atoms with Gasteiger partial charge in [0.1, 0.15) is 5.82 Å². The number of nitrogen functional groups attached to an aromatic ring is 1. The van der Waals surface area contributed by atoms with E-state index in [2.05, 4.69) is 30.9 Å². The molecule has 0 atom stereocenters. The molecule has 94 valence electrons. The molecule has 0 spiro atoms. The number of nitrogens with two attached hydrogens (primary N) is 1. The molecule has 0 aromatic carbocycles. The van der Waals surface area contributed by atoms with Gasteiger partial charge in [0, 0.05) is 13.0 Å². The Kier molecular flexibility index (Phi) is 4.92. The first kappa shape index (κ1) is 12.9. The second kappa shape index (κ2) is 6.46. The Morgan fingerprint density at radius 2 is 2.00 bits per heavy atom. The summed E-state index contributed by atoms with van der Waals surface area (Å²) in [5.41, 5.74) is 5.51. The minimum absolute atomic E-state index is 0.164. The van der Waals surface area contributed by atoms with Gasteiger partial charge in [0.05, 0.1) is 6.67 Å². The highest BCUT2D eigenvalue weighted by molar-refractivity contribution is 5.73. The Hall–Kier alpha value is -2.12. The van der Waals surface area contributed by atoms with Crippen LogP contribution >= 0.6 is 0 Å². The number of carbonyl (C=O) groups excluding carboxylic acids is 1.